The first-order valence-electron chi connectivity index (χ1n) is 7.09. The Morgan fingerprint density at radius 3 is 2.17 bits per heavy atom. The minimum absolute atomic E-state index is 0.225. The van der Waals surface area contributed by atoms with Crippen molar-refractivity contribution in [1.29, 1.82) is 0 Å². The van der Waals surface area contributed by atoms with E-state index in [2.05, 4.69) is 0 Å². The van der Waals surface area contributed by atoms with Crippen LogP contribution in [0.5, 0.6) is 5.75 Å². The molecule has 0 saturated carbocycles. The fourth-order valence-corrected chi connectivity index (χ4v) is 2.56. The highest BCUT2D eigenvalue weighted by atomic mass is 19.2. The maximum atomic E-state index is 13.5. The van der Waals surface area contributed by atoms with Crippen LogP contribution in [-0.4, -0.2) is 16.2 Å². The second-order valence-corrected chi connectivity index (χ2v) is 6.50. The summed E-state index contributed by atoms with van der Waals surface area (Å²) >= 11 is 0. The molecule has 0 aliphatic heterocycles. The maximum absolute atomic E-state index is 13.5. The lowest BCUT2D eigenvalue weighted by atomic mass is 9.81. The van der Waals surface area contributed by atoms with Crippen molar-refractivity contribution in [3.63, 3.8) is 0 Å². The zero-order valence-electron chi connectivity index (χ0n) is 13.4. The number of rotatable bonds is 2. The van der Waals surface area contributed by atoms with E-state index in [4.69, 9.17) is 0 Å². The second-order valence-electron chi connectivity index (χ2n) is 6.50. The molecule has 0 spiro atoms. The molecule has 0 aromatic heterocycles. The van der Waals surface area contributed by atoms with E-state index in [9.17, 15) is 23.8 Å². The average Bonchev–Trinajstić information content (AvgIpc) is 2.40. The van der Waals surface area contributed by atoms with Crippen LogP contribution < -0.4 is 0 Å². The molecule has 2 rings (SSSR count). The summed E-state index contributed by atoms with van der Waals surface area (Å²) in [5.41, 5.74) is 0.791. The predicted molar refractivity (Wildman–Crippen MR) is 83.9 cm³/mol. The van der Waals surface area contributed by atoms with E-state index in [0.717, 1.165) is 12.1 Å². The molecule has 0 aliphatic carbocycles. The molecule has 0 heterocycles. The third-order valence-corrected chi connectivity index (χ3v) is 3.81. The van der Waals surface area contributed by atoms with Crippen molar-refractivity contribution >= 4 is 5.97 Å². The largest absolute Gasteiger partial charge is 0.507 e. The number of aromatic hydroxyl groups is 1. The molecule has 5 heteroatoms. The molecule has 2 aromatic carbocycles. The van der Waals surface area contributed by atoms with Crippen LogP contribution in [0.15, 0.2) is 24.3 Å². The maximum Gasteiger partial charge on any atom is 0.339 e. The van der Waals surface area contributed by atoms with Crippen LogP contribution >= 0.6 is 0 Å². The molecule has 0 unspecified atom stereocenters. The van der Waals surface area contributed by atoms with E-state index in [1.807, 2.05) is 20.8 Å². The Kier molecular flexibility index (Phi) is 4.16. The van der Waals surface area contributed by atoms with Crippen LogP contribution in [0.3, 0.4) is 0 Å². The molecule has 0 amide bonds. The fourth-order valence-electron chi connectivity index (χ4n) is 2.56. The van der Waals surface area contributed by atoms with Crippen molar-refractivity contribution < 1.29 is 23.8 Å². The first kappa shape index (κ1) is 16.9. The summed E-state index contributed by atoms with van der Waals surface area (Å²) in [7, 11) is 0. The number of hydrogen-bond acceptors (Lipinski definition) is 2. The van der Waals surface area contributed by atoms with Gasteiger partial charge in [-0.2, -0.15) is 0 Å². The SMILES string of the molecule is Cc1c(-c2ccc(F)c(F)c2)cc(C(C)(C)C)c(O)c1C(=O)O. The third-order valence-electron chi connectivity index (χ3n) is 3.81. The molecular weight excluding hydrogens is 302 g/mol. The van der Waals surface area contributed by atoms with Crippen LogP contribution in [0.25, 0.3) is 11.1 Å². The van der Waals surface area contributed by atoms with Crippen molar-refractivity contribution in [2.24, 2.45) is 0 Å². The van der Waals surface area contributed by atoms with Crippen molar-refractivity contribution in [2.45, 2.75) is 33.1 Å². The number of hydrogen-bond donors (Lipinski definition) is 2. The zero-order chi connectivity index (χ0) is 17.5. The van der Waals surface area contributed by atoms with Gasteiger partial charge in [0, 0.05) is 5.56 Å². The molecule has 23 heavy (non-hydrogen) atoms. The summed E-state index contributed by atoms with van der Waals surface area (Å²) < 4.78 is 26.7. The van der Waals surface area contributed by atoms with Gasteiger partial charge in [0.15, 0.2) is 11.6 Å². The van der Waals surface area contributed by atoms with Gasteiger partial charge < -0.3 is 10.2 Å². The summed E-state index contributed by atoms with van der Waals surface area (Å²) in [6.45, 7) is 7.03. The Morgan fingerprint density at radius 1 is 1.09 bits per heavy atom. The number of carboxylic acids is 1. The third kappa shape index (κ3) is 3.04. The number of halogens is 2. The van der Waals surface area contributed by atoms with Gasteiger partial charge in [-0.3, -0.25) is 0 Å². The number of benzene rings is 2. The molecule has 0 radical (unpaired) electrons. The minimum atomic E-state index is -1.27. The molecule has 0 saturated heterocycles. The number of carbonyl (C=O) groups is 1. The quantitative estimate of drug-likeness (QED) is 0.847. The molecule has 3 nitrogen and oxygen atoms in total. The van der Waals surface area contributed by atoms with Crippen LogP contribution in [0, 0.1) is 18.6 Å². The van der Waals surface area contributed by atoms with Gasteiger partial charge >= 0.3 is 5.97 Å². The second kappa shape index (κ2) is 5.65. The minimum Gasteiger partial charge on any atom is -0.507 e. The smallest absolute Gasteiger partial charge is 0.339 e. The van der Waals surface area contributed by atoms with Gasteiger partial charge in [-0.25, -0.2) is 13.6 Å². The number of phenols is 1. The lowest BCUT2D eigenvalue weighted by Gasteiger charge is -2.24. The van der Waals surface area contributed by atoms with Crippen molar-refractivity contribution in [2.75, 3.05) is 0 Å². The van der Waals surface area contributed by atoms with E-state index in [1.165, 1.54) is 13.0 Å². The first-order chi connectivity index (χ1) is 10.5. The fraction of sp³-hybridized carbons (Fsp3) is 0.278. The van der Waals surface area contributed by atoms with Gasteiger partial charge in [0.25, 0.3) is 0 Å². The van der Waals surface area contributed by atoms with Crippen LogP contribution in [0.1, 0.15) is 42.3 Å². The summed E-state index contributed by atoms with van der Waals surface area (Å²) in [5.74, 6) is -3.55. The molecule has 122 valence electrons. The van der Waals surface area contributed by atoms with E-state index in [0.29, 0.717) is 22.3 Å². The van der Waals surface area contributed by atoms with E-state index in [-0.39, 0.29) is 11.3 Å². The number of aromatic carboxylic acids is 1. The molecule has 0 bridgehead atoms. The van der Waals surface area contributed by atoms with Gasteiger partial charge in [-0.05, 0) is 47.2 Å². The van der Waals surface area contributed by atoms with Crippen LogP contribution in [0.2, 0.25) is 0 Å². The molecular formula is C18H18F2O3. The standard InChI is InChI=1S/C18H18F2O3/c1-9-11(10-5-6-13(19)14(20)7-10)8-12(18(2,3)4)16(21)15(9)17(22)23/h5-8,21H,1-4H3,(H,22,23). The predicted octanol–water partition coefficient (Wildman–Crippen LogP) is 4.64. The summed E-state index contributed by atoms with van der Waals surface area (Å²) in [4.78, 5) is 11.5. The monoisotopic (exact) mass is 320 g/mol. The van der Waals surface area contributed by atoms with Gasteiger partial charge in [0.2, 0.25) is 0 Å². The number of carboxylic acid groups (broad SMARTS) is 1. The summed E-state index contributed by atoms with van der Waals surface area (Å²) in [6, 6.07) is 5.03. The highest BCUT2D eigenvalue weighted by Crippen LogP contribution is 2.40. The van der Waals surface area contributed by atoms with Crippen LogP contribution in [-0.2, 0) is 5.41 Å². The van der Waals surface area contributed by atoms with E-state index >= 15 is 0 Å². The highest BCUT2D eigenvalue weighted by Gasteiger charge is 2.27. The Balaban J connectivity index is 2.85. The Morgan fingerprint density at radius 2 is 1.70 bits per heavy atom. The Bertz CT molecular complexity index is 790. The summed E-state index contributed by atoms with van der Waals surface area (Å²) in [6.07, 6.45) is 0. The summed E-state index contributed by atoms with van der Waals surface area (Å²) in [5, 5.41) is 19.7. The molecule has 0 aliphatic rings. The lowest BCUT2D eigenvalue weighted by molar-refractivity contribution is 0.0692. The normalized spacial score (nSPS) is 11.6. The highest BCUT2D eigenvalue weighted by molar-refractivity contribution is 5.96. The zero-order valence-corrected chi connectivity index (χ0v) is 13.4. The van der Waals surface area contributed by atoms with Crippen LogP contribution in [0.4, 0.5) is 8.78 Å². The first-order valence-corrected chi connectivity index (χ1v) is 7.09. The molecule has 2 aromatic rings. The van der Waals surface area contributed by atoms with Gasteiger partial charge in [-0.1, -0.05) is 26.8 Å². The molecule has 2 N–H and O–H groups in total. The Hall–Kier alpha value is -2.43. The van der Waals surface area contributed by atoms with Crippen molar-refractivity contribution in [1.82, 2.24) is 0 Å². The average molecular weight is 320 g/mol. The molecule has 0 atom stereocenters. The molecule has 0 fully saturated rings. The van der Waals surface area contributed by atoms with Gasteiger partial charge in [0.05, 0.1) is 0 Å². The van der Waals surface area contributed by atoms with Crippen molar-refractivity contribution in [3.05, 3.63) is 52.6 Å². The van der Waals surface area contributed by atoms with E-state index in [1.54, 1.807) is 6.07 Å². The lowest BCUT2D eigenvalue weighted by Crippen LogP contribution is -2.15. The van der Waals surface area contributed by atoms with Gasteiger partial charge in [0.1, 0.15) is 11.3 Å². The van der Waals surface area contributed by atoms with E-state index < -0.39 is 23.0 Å². The Labute approximate surface area is 133 Å². The van der Waals surface area contributed by atoms with Gasteiger partial charge in [-0.15, -0.1) is 0 Å². The topological polar surface area (TPSA) is 57.5 Å². The van der Waals surface area contributed by atoms with Crippen molar-refractivity contribution in [3.8, 4) is 16.9 Å².